The number of nitroso groups, excluding NO2 is 1. The van der Waals surface area contributed by atoms with Gasteiger partial charge in [0, 0.05) is 50.0 Å². The van der Waals surface area contributed by atoms with E-state index in [1.54, 1.807) is 17.0 Å². The van der Waals surface area contributed by atoms with Crippen LogP contribution in [0.2, 0.25) is 0 Å². The second-order valence-electron chi connectivity index (χ2n) is 5.21. The van der Waals surface area contributed by atoms with Gasteiger partial charge in [0.05, 0.1) is 6.42 Å². The molecule has 0 bridgehead atoms. The molecule has 1 aliphatic heterocycles. The van der Waals surface area contributed by atoms with E-state index in [4.69, 9.17) is 0 Å². The molecule has 1 saturated heterocycles. The standard InChI is InChI=1S/C14H20N4O3/c19-13(16-21)6-10-17-11-7-15-12(17)4-5-14(20)18-8-2-1-3-9-18/h7,11H,1-6,8-10H2. The average Bonchev–Trinajstić information content (AvgIpc) is 2.98. The van der Waals surface area contributed by atoms with E-state index in [-0.39, 0.29) is 12.3 Å². The summed E-state index contributed by atoms with van der Waals surface area (Å²) >= 11 is 0. The summed E-state index contributed by atoms with van der Waals surface area (Å²) in [5.41, 5.74) is 0. The molecule has 1 aromatic rings. The highest BCUT2D eigenvalue weighted by molar-refractivity contribution is 5.76. The second kappa shape index (κ2) is 7.66. The van der Waals surface area contributed by atoms with E-state index in [9.17, 15) is 14.5 Å². The number of carbonyl (C=O) groups excluding carboxylic acids is 2. The van der Waals surface area contributed by atoms with Crippen molar-refractivity contribution in [2.45, 2.75) is 45.1 Å². The van der Waals surface area contributed by atoms with E-state index in [1.807, 2.05) is 4.90 Å². The topological polar surface area (TPSA) is 84.6 Å². The highest BCUT2D eigenvalue weighted by atomic mass is 16.3. The van der Waals surface area contributed by atoms with Crippen molar-refractivity contribution in [3.8, 4) is 0 Å². The van der Waals surface area contributed by atoms with Gasteiger partial charge in [0.1, 0.15) is 5.82 Å². The van der Waals surface area contributed by atoms with E-state index in [0.29, 0.717) is 19.4 Å². The molecule has 0 aromatic carbocycles. The molecule has 1 aliphatic rings. The Hall–Kier alpha value is -2.05. The van der Waals surface area contributed by atoms with Gasteiger partial charge in [0.25, 0.3) is 5.91 Å². The van der Waals surface area contributed by atoms with Crippen molar-refractivity contribution in [3.63, 3.8) is 0 Å². The number of carbonyl (C=O) groups is 2. The third-order valence-corrected chi connectivity index (χ3v) is 3.74. The summed E-state index contributed by atoms with van der Waals surface area (Å²) in [6.45, 7) is 2.08. The summed E-state index contributed by atoms with van der Waals surface area (Å²) < 4.78 is 1.80. The zero-order valence-corrected chi connectivity index (χ0v) is 12.0. The fraction of sp³-hybridized carbons (Fsp3) is 0.643. The average molecular weight is 292 g/mol. The van der Waals surface area contributed by atoms with E-state index in [0.717, 1.165) is 31.8 Å². The summed E-state index contributed by atoms with van der Waals surface area (Å²) in [5, 5.41) is 2.37. The number of nitrogens with zero attached hydrogens (tertiary/aromatic N) is 4. The Labute approximate surface area is 123 Å². The Balaban J connectivity index is 1.82. The first-order chi connectivity index (χ1) is 10.2. The molecule has 0 atom stereocenters. The lowest BCUT2D eigenvalue weighted by atomic mass is 10.1. The lowest BCUT2D eigenvalue weighted by molar-refractivity contribution is -0.132. The summed E-state index contributed by atoms with van der Waals surface area (Å²) in [6.07, 6.45) is 7.79. The minimum absolute atomic E-state index is 0.0624. The molecule has 0 saturated carbocycles. The zero-order chi connectivity index (χ0) is 15.1. The fourth-order valence-electron chi connectivity index (χ4n) is 2.55. The van der Waals surface area contributed by atoms with Crippen LogP contribution in [0, 0.1) is 4.91 Å². The Morgan fingerprint density at radius 1 is 1.19 bits per heavy atom. The highest BCUT2D eigenvalue weighted by Gasteiger charge is 2.17. The van der Waals surface area contributed by atoms with Gasteiger partial charge in [-0.05, 0) is 19.3 Å². The van der Waals surface area contributed by atoms with E-state index in [1.165, 1.54) is 6.42 Å². The number of aryl methyl sites for hydroxylation is 2. The third kappa shape index (κ3) is 4.47. The van der Waals surface area contributed by atoms with Crippen LogP contribution in [0.1, 0.15) is 37.9 Å². The molecule has 7 nitrogen and oxygen atoms in total. The minimum Gasteiger partial charge on any atom is -0.343 e. The number of likely N-dealkylation sites (tertiary alicyclic amines) is 1. The van der Waals surface area contributed by atoms with Gasteiger partial charge in [-0.25, -0.2) is 4.98 Å². The number of aromatic nitrogens is 2. The molecular formula is C14H20N4O3. The molecule has 0 aliphatic carbocycles. The summed E-state index contributed by atoms with van der Waals surface area (Å²) in [5.74, 6) is 0.257. The van der Waals surface area contributed by atoms with Crippen molar-refractivity contribution in [1.29, 1.82) is 0 Å². The van der Waals surface area contributed by atoms with Crippen LogP contribution in [0.5, 0.6) is 0 Å². The predicted molar refractivity (Wildman–Crippen MR) is 76.4 cm³/mol. The van der Waals surface area contributed by atoms with Gasteiger partial charge in [-0.2, -0.15) is 0 Å². The summed E-state index contributed by atoms with van der Waals surface area (Å²) in [4.78, 5) is 39.2. The molecule has 2 rings (SSSR count). The van der Waals surface area contributed by atoms with E-state index >= 15 is 0 Å². The molecule has 7 heteroatoms. The molecule has 1 fully saturated rings. The van der Waals surface area contributed by atoms with Gasteiger partial charge in [0.15, 0.2) is 0 Å². The van der Waals surface area contributed by atoms with Crippen LogP contribution in [0.4, 0.5) is 0 Å². The molecule has 114 valence electrons. The molecule has 0 unspecified atom stereocenters. The Morgan fingerprint density at radius 3 is 2.67 bits per heavy atom. The molecule has 0 spiro atoms. The van der Waals surface area contributed by atoms with Gasteiger partial charge in [-0.3, -0.25) is 9.59 Å². The van der Waals surface area contributed by atoms with Gasteiger partial charge < -0.3 is 9.47 Å². The van der Waals surface area contributed by atoms with Crippen LogP contribution in [-0.4, -0.2) is 39.4 Å². The highest BCUT2D eigenvalue weighted by Crippen LogP contribution is 2.11. The summed E-state index contributed by atoms with van der Waals surface area (Å²) in [6, 6.07) is 0. The van der Waals surface area contributed by atoms with Gasteiger partial charge in [-0.1, -0.05) is 0 Å². The SMILES string of the molecule is O=NC(=O)CCn1ccnc1CCC(=O)N1CCCCC1. The molecule has 2 amide bonds. The lowest BCUT2D eigenvalue weighted by Gasteiger charge is -2.26. The van der Waals surface area contributed by atoms with Gasteiger partial charge in [0.2, 0.25) is 5.91 Å². The molecule has 0 radical (unpaired) electrons. The molecule has 1 aromatic heterocycles. The Bertz CT molecular complexity index is 506. The smallest absolute Gasteiger partial charge is 0.288 e. The van der Waals surface area contributed by atoms with Crippen LogP contribution < -0.4 is 0 Å². The first-order valence-corrected chi connectivity index (χ1v) is 7.34. The van der Waals surface area contributed by atoms with Crippen molar-refractivity contribution < 1.29 is 9.59 Å². The van der Waals surface area contributed by atoms with Crippen molar-refractivity contribution in [3.05, 3.63) is 23.1 Å². The molecule has 21 heavy (non-hydrogen) atoms. The minimum atomic E-state index is -0.668. The third-order valence-electron chi connectivity index (χ3n) is 3.74. The van der Waals surface area contributed by atoms with Crippen molar-refractivity contribution >= 4 is 11.8 Å². The van der Waals surface area contributed by atoms with Gasteiger partial charge >= 0.3 is 0 Å². The molecule has 0 N–H and O–H groups in total. The Morgan fingerprint density at radius 2 is 1.95 bits per heavy atom. The van der Waals surface area contributed by atoms with Crippen LogP contribution in [0.25, 0.3) is 0 Å². The maximum Gasteiger partial charge on any atom is 0.288 e. The number of rotatable bonds is 6. The van der Waals surface area contributed by atoms with Crippen molar-refractivity contribution in [2.24, 2.45) is 5.18 Å². The monoisotopic (exact) mass is 292 g/mol. The van der Waals surface area contributed by atoms with Crippen LogP contribution >= 0.6 is 0 Å². The lowest BCUT2D eigenvalue weighted by Crippen LogP contribution is -2.35. The van der Waals surface area contributed by atoms with Crippen molar-refractivity contribution in [2.75, 3.05) is 13.1 Å². The Kier molecular flexibility index (Phi) is 5.59. The van der Waals surface area contributed by atoms with Crippen molar-refractivity contribution in [1.82, 2.24) is 14.5 Å². The maximum atomic E-state index is 12.1. The number of hydrogen-bond donors (Lipinski definition) is 0. The van der Waals surface area contributed by atoms with Gasteiger partial charge in [-0.15, -0.1) is 4.91 Å². The fourth-order valence-corrected chi connectivity index (χ4v) is 2.55. The second-order valence-corrected chi connectivity index (χ2v) is 5.21. The number of amides is 2. The molecule has 2 heterocycles. The zero-order valence-electron chi connectivity index (χ0n) is 12.0. The maximum absolute atomic E-state index is 12.1. The number of piperidine rings is 1. The number of imidazole rings is 1. The predicted octanol–water partition coefficient (Wildman–Crippen LogP) is 1.51. The normalized spacial score (nSPS) is 15.0. The number of hydrogen-bond acceptors (Lipinski definition) is 4. The first-order valence-electron chi connectivity index (χ1n) is 7.34. The first kappa shape index (κ1) is 15.3. The quantitative estimate of drug-likeness (QED) is 0.744. The van der Waals surface area contributed by atoms with Crippen LogP contribution in [-0.2, 0) is 22.6 Å². The van der Waals surface area contributed by atoms with E-state index in [2.05, 4.69) is 10.2 Å². The molecular weight excluding hydrogens is 272 g/mol. The van der Waals surface area contributed by atoms with E-state index < -0.39 is 5.91 Å². The van der Waals surface area contributed by atoms with Crippen LogP contribution in [0.15, 0.2) is 17.6 Å². The largest absolute Gasteiger partial charge is 0.343 e. The van der Waals surface area contributed by atoms with Crippen LogP contribution in [0.3, 0.4) is 0 Å². The summed E-state index contributed by atoms with van der Waals surface area (Å²) in [7, 11) is 0.